The van der Waals surface area contributed by atoms with Gasteiger partial charge in [0.05, 0.1) is 5.69 Å². The van der Waals surface area contributed by atoms with E-state index in [1.807, 2.05) is 47.8 Å². The van der Waals surface area contributed by atoms with Crippen LogP contribution in [0.3, 0.4) is 0 Å². The molecule has 1 N–H and O–H groups in total. The maximum Gasteiger partial charge on any atom is 0.355 e. The first kappa shape index (κ1) is 17.1. The monoisotopic (exact) mass is 412 g/mol. The second-order valence-corrected chi connectivity index (χ2v) is 7.48. The van der Waals surface area contributed by atoms with E-state index in [2.05, 4.69) is 10.3 Å². The van der Waals surface area contributed by atoms with E-state index >= 15 is 0 Å². The molecule has 0 saturated heterocycles. The zero-order chi connectivity index (χ0) is 19.1. The number of halogens is 1. The number of esters is 1. The van der Waals surface area contributed by atoms with Crippen LogP contribution in [0, 0.1) is 0 Å². The minimum absolute atomic E-state index is 0.200. The summed E-state index contributed by atoms with van der Waals surface area (Å²) in [7, 11) is 0. The number of rotatable bonds is 4. The zero-order valence-electron chi connectivity index (χ0n) is 14.3. The minimum atomic E-state index is -0.486. The van der Waals surface area contributed by atoms with Crippen LogP contribution in [-0.2, 0) is 9.53 Å². The second-order valence-electron chi connectivity index (χ2n) is 6.19. The van der Waals surface area contributed by atoms with Crippen molar-refractivity contribution in [1.29, 1.82) is 0 Å². The highest BCUT2D eigenvalue weighted by molar-refractivity contribution is 7.14. The third-order valence-electron chi connectivity index (χ3n) is 4.38. The van der Waals surface area contributed by atoms with Crippen LogP contribution in [0.25, 0.3) is 11.3 Å². The Morgan fingerprint density at radius 1 is 1.11 bits per heavy atom. The lowest BCUT2D eigenvalue weighted by atomic mass is 10.1. The molecule has 0 aliphatic carbocycles. The van der Waals surface area contributed by atoms with Gasteiger partial charge in [0.1, 0.15) is 11.8 Å². The molecule has 0 radical (unpaired) electrons. The quantitative estimate of drug-likeness (QED) is 0.621. The standard InChI is InChI=1S/C20H13ClN2O4S/c21-13-4-1-11(2-5-13)15-9-28-20(23-15)22-14-8-17(27-19(14)24)12-3-6-16-18(7-12)26-10-25-16/h1-9,17H,10H2,(H,22,23). The van der Waals surface area contributed by atoms with Gasteiger partial charge in [0.2, 0.25) is 6.79 Å². The molecule has 1 aromatic heterocycles. The number of nitrogens with zero attached hydrogens (tertiary/aromatic N) is 1. The van der Waals surface area contributed by atoms with Gasteiger partial charge in [0.15, 0.2) is 16.6 Å². The van der Waals surface area contributed by atoms with Gasteiger partial charge in [-0.1, -0.05) is 29.8 Å². The first-order valence-corrected chi connectivity index (χ1v) is 9.72. The Bertz CT molecular complexity index is 1090. The van der Waals surface area contributed by atoms with Crippen LogP contribution in [0.1, 0.15) is 11.7 Å². The van der Waals surface area contributed by atoms with Crippen LogP contribution >= 0.6 is 22.9 Å². The molecule has 8 heteroatoms. The molecule has 3 aromatic rings. The van der Waals surface area contributed by atoms with E-state index < -0.39 is 12.1 Å². The zero-order valence-corrected chi connectivity index (χ0v) is 15.9. The number of cyclic esters (lactones) is 1. The summed E-state index contributed by atoms with van der Waals surface area (Å²) in [4.78, 5) is 16.8. The molecule has 0 fully saturated rings. The number of ether oxygens (including phenoxy) is 3. The molecular weight excluding hydrogens is 400 g/mol. The number of carbonyl (C=O) groups is 1. The van der Waals surface area contributed by atoms with E-state index in [1.54, 1.807) is 6.08 Å². The lowest BCUT2D eigenvalue weighted by Crippen LogP contribution is -2.08. The molecule has 1 unspecified atom stereocenters. The molecule has 5 rings (SSSR count). The summed E-state index contributed by atoms with van der Waals surface area (Å²) in [5.41, 5.74) is 2.94. The topological polar surface area (TPSA) is 69.7 Å². The van der Waals surface area contributed by atoms with Gasteiger partial charge in [0.25, 0.3) is 0 Å². The van der Waals surface area contributed by atoms with Crippen molar-refractivity contribution in [1.82, 2.24) is 4.98 Å². The average molecular weight is 413 g/mol. The predicted octanol–water partition coefficient (Wildman–Crippen LogP) is 4.79. The van der Waals surface area contributed by atoms with Crippen LogP contribution in [-0.4, -0.2) is 17.7 Å². The second kappa shape index (κ2) is 6.85. The molecule has 6 nitrogen and oxygen atoms in total. The molecule has 2 aliphatic rings. The third-order valence-corrected chi connectivity index (χ3v) is 5.39. The summed E-state index contributed by atoms with van der Waals surface area (Å²) < 4.78 is 16.2. The number of hydrogen-bond acceptors (Lipinski definition) is 7. The Kier molecular flexibility index (Phi) is 4.18. The molecule has 0 saturated carbocycles. The molecule has 0 spiro atoms. The number of hydrogen-bond donors (Lipinski definition) is 1. The van der Waals surface area contributed by atoms with Gasteiger partial charge >= 0.3 is 5.97 Å². The lowest BCUT2D eigenvalue weighted by Gasteiger charge is -2.08. The van der Waals surface area contributed by atoms with Gasteiger partial charge in [-0.3, -0.25) is 0 Å². The Morgan fingerprint density at radius 2 is 1.93 bits per heavy atom. The fourth-order valence-electron chi connectivity index (χ4n) is 2.98. The fourth-order valence-corrected chi connectivity index (χ4v) is 3.84. The van der Waals surface area contributed by atoms with Crippen LogP contribution < -0.4 is 14.8 Å². The largest absolute Gasteiger partial charge is 0.454 e. The van der Waals surface area contributed by atoms with Crippen LogP contribution in [0.15, 0.2) is 59.6 Å². The van der Waals surface area contributed by atoms with E-state index in [1.165, 1.54) is 11.3 Å². The number of fused-ring (bicyclic) bond motifs is 1. The molecule has 140 valence electrons. The van der Waals surface area contributed by atoms with Gasteiger partial charge in [-0.15, -0.1) is 11.3 Å². The molecule has 2 aromatic carbocycles. The number of benzene rings is 2. The van der Waals surface area contributed by atoms with Crippen LogP contribution in [0.2, 0.25) is 5.02 Å². The van der Waals surface area contributed by atoms with Gasteiger partial charge < -0.3 is 19.5 Å². The van der Waals surface area contributed by atoms with Crippen molar-refractivity contribution < 1.29 is 19.0 Å². The SMILES string of the molecule is O=C1OC(c2ccc3c(c2)OCO3)C=C1Nc1nc(-c2ccc(Cl)cc2)cs1. The summed E-state index contributed by atoms with van der Waals surface area (Å²) in [6.07, 6.45) is 1.25. The van der Waals surface area contributed by atoms with E-state index in [0.717, 1.165) is 16.8 Å². The van der Waals surface area contributed by atoms with E-state index in [4.69, 9.17) is 25.8 Å². The molecular formula is C20H13ClN2O4S. The average Bonchev–Trinajstić information content (AvgIpc) is 3.43. The highest BCUT2D eigenvalue weighted by atomic mass is 35.5. The minimum Gasteiger partial charge on any atom is -0.454 e. The third kappa shape index (κ3) is 3.19. The van der Waals surface area contributed by atoms with Crippen molar-refractivity contribution in [3.05, 3.63) is 70.2 Å². The number of carbonyl (C=O) groups excluding carboxylic acids is 1. The van der Waals surface area contributed by atoms with Crippen molar-refractivity contribution in [3.8, 4) is 22.8 Å². The van der Waals surface area contributed by atoms with Crippen LogP contribution in [0.5, 0.6) is 11.5 Å². The summed E-state index contributed by atoms with van der Waals surface area (Å²) in [5, 5.41) is 6.26. The maximum atomic E-state index is 12.3. The molecule has 1 atom stereocenters. The number of thiazole rings is 1. The number of anilines is 1. The van der Waals surface area contributed by atoms with Gasteiger partial charge in [-0.2, -0.15) is 0 Å². The molecule has 28 heavy (non-hydrogen) atoms. The van der Waals surface area contributed by atoms with Crippen molar-refractivity contribution in [2.75, 3.05) is 12.1 Å². The summed E-state index contributed by atoms with van der Waals surface area (Å²) in [5.74, 6) is 0.912. The summed E-state index contributed by atoms with van der Waals surface area (Å²) in [6.45, 7) is 0.200. The smallest absolute Gasteiger partial charge is 0.355 e. The van der Waals surface area contributed by atoms with Crippen molar-refractivity contribution in [2.45, 2.75) is 6.10 Å². The molecule has 0 amide bonds. The number of nitrogens with one attached hydrogen (secondary N) is 1. The maximum absolute atomic E-state index is 12.3. The lowest BCUT2D eigenvalue weighted by molar-refractivity contribution is -0.139. The van der Waals surface area contributed by atoms with Gasteiger partial charge in [-0.25, -0.2) is 9.78 Å². The summed E-state index contributed by atoms with van der Waals surface area (Å²) in [6, 6.07) is 12.9. The normalized spacial score (nSPS) is 17.4. The molecule has 0 bridgehead atoms. The molecule has 3 heterocycles. The Balaban J connectivity index is 1.34. The van der Waals surface area contributed by atoms with Crippen LogP contribution in [0.4, 0.5) is 5.13 Å². The van der Waals surface area contributed by atoms with E-state index in [-0.39, 0.29) is 6.79 Å². The predicted molar refractivity (Wildman–Crippen MR) is 106 cm³/mol. The van der Waals surface area contributed by atoms with Crippen molar-refractivity contribution in [3.63, 3.8) is 0 Å². The first-order valence-electron chi connectivity index (χ1n) is 8.46. The number of aromatic nitrogens is 1. The van der Waals surface area contributed by atoms with Gasteiger partial charge in [-0.05, 0) is 30.3 Å². The highest BCUT2D eigenvalue weighted by Crippen LogP contribution is 2.37. The fraction of sp³-hybridized carbons (Fsp3) is 0.100. The van der Waals surface area contributed by atoms with Crippen molar-refractivity contribution >= 4 is 34.0 Å². The van der Waals surface area contributed by atoms with Gasteiger partial charge in [0, 0.05) is 21.5 Å². The Labute approximate surface area is 169 Å². The summed E-state index contributed by atoms with van der Waals surface area (Å²) >= 11 is 7.34. The Morgan fingerprint density at radius 3 is 2.79 bits per heavy atom. The van der Waals surface area contributed by atoms with E-state index in [0.29, 0.717) is 27.4 Å². The highest BCUT2D eigenvalue weighted by Gasteiger charge is 2.29. The van der Waals surface area contributed by atoms with E-state index in [9.17, 15) is 4.79 Å². The van der Waals surface area contributed by atoms with Crippen molar-refractivity contribution in [2.24, 2.45) is 0 Å². The Hall–Kier alpha value is -3.03. The first-order chi connectivity index (χ1) is 13.7. The molecule has 2 aliphatic heterocycles.